The molecule has 5 atom stereocenters. The molecule has 3 N–H and O–H groups in total. The molecule has 45 heavy (non-hydrogen) atoms. The van der Waals surface area contributed by atoms with Crippen LogP contribution in [-0.2, 0) is 17.9 Å². The number of nitrogens with one attached hydrogen (secondary N) is 2. The van der Waals surface area contributed by atoms with E-state index < -0.39 is 35.5 Å². The Labute approximate surface area is 261 Å². The van der Waals surface area contributed by atoms with Crippen LogP contribution in [0.3, 0.4) is 0 Å². The molecule has 2 aromatic rings. The van der Waals surface area contributed by atoms with Gasteiger partial charge in [-0.3, -0.25) is 4.79 Å². The second kappa shape index (κ2) is 12.7. The minimum Gasteiger partial charge on any atom is -0.386 e. The second-order valence-electron chi connectivity index (χ2n) is 12.9. The van der Waals surface area contributed by atoms with Crippen LogP contribution >= 0.6 is 0 Å². The second-order valence-corrected chi connectivity index (χ2v) is 12.9. The first-order valence-corrected chi connectivity index (χ1v) is 15.6. The van der Waals surface area contributed by atoms with Crippen molar-refractivity contribution in [2.75, 3.05) is 0 Å². The number of aliphatic hydroxyl groups excluding tert-OH is 1. The minimum atomic E-state index is -5.87. The van der Waals surface area contributed by atoms with Gasteiger partial charge in [-0.1, -0.05) is 87.0 Å². The molecule has 1 saturated carbocycles. The number of halogens is 5. The van der Waals surface area contributed by atoms with Gasteiger partial charge in [-0.15, -0.1) is 0 Å². The number of ketones is 1. The van der Waals surface area contributed by atoms with E-state index in [0.29, 0.717) is 51.0 Å². The quantitative estimate of drug-likeness (QED) is 0.233. The van der Waals surface area contributed by atoms with Gasteiger partial charge in [0.25, 0.3) is 0 Å². The number of hydrogen-bond acceptors (Lipinski definition) is 4. The molecule has 0 spiro atoms. The molecular weight excluding hydrogens is 587 g/mol. The Hall–Kier alpha value is -3.46. The van der Waals surface area contributed by atoms with E-state index in [2.05, 4.69) is 17.2 Å². The number of fused-ring (bicyclic) bond motifs is 2. The van der Waals surface area contributed by atoms with Crippen LogP contribution < -0.4 is 10.6 Å². The highest BCUT2D eigenvalue weighted by atomic mass is 19.4. The molecule has 0 radical (unpaired) electrons. The zero-order valence-corrected chi connectivity index (χ0v) is 25.7. The standard InChI is InChI=1S/C36H41F5N2O2/c1-4-31-29-16-14-26-18-27(44)15-17-28(26)32(29)30(19-34(31,3)33(45)35(37,38)36(39,40)41)25-12-10-24(11-13-25)21-43-22(2)42-20-23-8-6-5-7-9-23/h5-13,18,29-31,33,42-43,45H,2,4,14-17,19-21H2,1,3H3/t29?,30-,31?,33?,34+/m1/s1. The summed E-state index contributed by atoms with van der Waals surface area (Å²) in [5, 5.41) is 17.4. The highest BCUT2D eigenvalue weighted by Crippen LogP contribution is 2.62. The Morgan fingerprint density at radius 3 is 2.20 bits per heavy atom. The topological polar surface area (TPSA) is 61.4 Å². The Bertz CT molecular complexity index is 1460. The zero-order chi connectivity index (χ0) is 32.6. The van der Waals surface area contributed by atoms with E-state index in [-0.39, 0.29) is 18.1 Å². The summed E-state index contributed by atoms with van der Waals surface area (Å²) in [5.74, 6) is -5.89. The third-order valence-electron chi connectivity index (χ3n) is 10.2. The van der Waals surface area contributed by atoms with E-state index in [1.807, 2.05) is 54.6 Å². The number of aliphatic hydroxyl groups is 1. The van der Waals surface area contributed by atoms with Crippen LogP contribution in [0, 0.1) is 17.3 Å². The van der Waals surface area contributed by atoms with Gasteiger partial charge in [0.1, 0.15) is 6.10 Å². The molecule has 3 aliphatic rings. The molecule has 4 nitrogen and oxygen atoms in total. The molecule has 2 aromatic carbocycles. The van der Waals surface area contributed by atoms with Crippen molar-refractivity contribution in [1.29, 1.82) is 0 Å². The van der Waals surface area contributed by atoms with Crippen LogP contribution in [0.4, 0.5) is 22.0 Å². The lowest BCUT2D eigenvalue weighted by atomic mass is 9.50. The lowest BCUT2D eigenvalue weighted by Crippen LogP contribution is -2.59. The maximum atomic E-state index is 14.8. The van der Waals surface area contributed by atoms with E-state index in [1.54, 1.807) is 13.0 Å². The number of alkyl halides is 5. The number of carbonyl (C=O) groups excluding carboxylic acids is 1. The largest absolute Gasteiger partial charge is 0.456 e. The third-order valence-corrected chi connectivity index (χ3v) is 10.2. The first kappa shape index (κ1) is 32.9. The molecule has 0 amide bonds. The van der Waals surface area contributed by atoms with Gasteiger partial charge in [0, 0.05) is 30.8 Å². The Balaban J connectivity index is 1.44. The van der Waals surface area contributed by atoms with E-state index in [1.165, 1.54) is 6.92 Å². The predicted molar refractivity (Wildman–Crippen MR) is 164 cm³/mol. The number of benzene rings is 2. The molecule has 0 bridgehead atoms. The summed E-state index contributed by atoms with van der Waals surface area (Å²) in [4.78, 5) is 12.3. The van der Waals surface area contributed by atoms with Gasteiger partial charge in [0.2, 0.25) is 0 Å². The van der Waals surface area contributed by atoms with Crippen LogP contribution in [0.5, 0.6) is 0 Å². The van der Waals surface area contributed by atoms with Crippen molar-refractivity contribution in [2.24, 2.45) is 17.3 Å². The van der Waals surface area contributed by atoms with E-state index in [9.17, 15) is 31.9 Å². The molecule has 0 aromatic heterocycles. The first-order chi connectivity index (χ1) is 21.3. The van der Waals surface area contributed by atoms with E-state index in [4.69, 9.17) is 0 Å². The minimum absolute atomic E-state index is 0.0500. The van der Waals surface area contributed by atoms with Crippen molar-refractivity contribution < 1.29 is 31.9 Å². The Kier molecular flexibility index (Phi) is 9.32. The predicted octanol–water partition coefficient (Wildman–Crippen LogP) is 8.11. The van der Waals surface area contributed by atoms with Crippen molar-refractivity contribution in [3.63, 3.8) is 0 Å². The monoisotopic (exact) mass is 628 g/mol. The molecule has 5 rings (SSSR count). The summed E-state index contributed by atoms with van der Waals surface area (Å²) in [6.45, 7) is 8.32. The lowest BCUT2D eigenvalue weighted by Gasteiger charge is -2.56. The van der Waals surface area contributed by atoms with Gasteiger partial charge in [0.15, 0.2) is 5.78 Å². The zero-order valence-electron chi connectivity index (χ0n) is 25.7. The van der Waals surface area contributed by atoms with E-state index >= 15 is 0 Å². The van der Waals surface area contributed by atoms with Gasteiger partial charge in [0.05, 0.1) is 5.82 Å². The first-order valence-electron chi connectivity index (χ1n) is 15.6. The summed E-state index contributed by atoms with van der Waals surface area (Å²) < 4.78 is 70.4. The lowest BCUT2D eigenvalue weighted by molar-refractivity contribution is -0.333. The smallest absolute Gasteiger partial charge is 0.386 e. The van der Waals surface area contributed by atoms with Crippen LogP contribution in [0.15, 0.2) is 89.8 Å². The molecule has 3 aliphatic carbocycles. The highest BCUT2D eigenvalue weighted by molar-refractivity contribution is 5.93. The van der Waals surface area contributed by atoms with Crippen molar-refractivity contribution >= 4 is 5.78 Å². The summed E-state index contributed by atoms with van der Waals surface area (Å²) in [6, 6.07) is 17.5. The molecule has 1 fully saturated rings. The summed E-state index contributed by atoms with van der Waals surface area (Å²) in [6.07, 6.45) is -4.84. The molecule has 0 saturated heterocycles. The Morgan fingerprint density at radius 1 is 0.978 bits per heavy atom. The maximum absolute atomic E-state index is 14.8. The molecule has 3 unspecified atom stereocenters. The van der Waals surface area contributed by atoms with Crippen molar-refractivity contribution in [3.05, 3.63) is 106 Å². The summed E-state index contributed by atoms with van der Waals surface area (Å²) >= 11 is 0. The van der Waals surface area contributed by atoms with Crippen molar-refractivity contribution in [2.45, 2.75) is 89.6 Å². The van der Waals surface area contributed by atoms with Gasteiger partial charge < -0.3 is 15.7 Å². The molecule has 242 valence electrons. The normalized spacial score (nSPS) is 26.0. The fourth-order valence-electron chi connectivity index (χ4n) is 7.93. The SMILES string of the molecule is C=C(NCc1ccccc1)NCc1ccc([C@H]2C[C@](C)(C(O)C(F)(F)C(F)(F)F)C(CC)C3CCC4=CC(=O)CCC4=C32)cc1. The molecular formula is C36H41F5N2O2. The fourth-order valence-corrected chi connectivity index (χ4v) is 7.93. The fraction of sp³-hybridized carbons (Fsp3) is 0.472. The van der Waals surface area contributed by atoms with Crippen molar-refractivity contribution in [1.82, 2.24) is 10.6 Å². The molecule has 9 heteroatoms. The van der Waals surface area contributed by atoms with Crippen LogP contribution in [-0.4, -0.2) is 29.1 Å². The average Bonchev–Trinajstić information content (AvgIpc) is 3.02. The third kappa shape index (κ3) is 6.46. The summed E-state index contributed by atoms with van der Waals surface area (Å²) in [7, 11) is 0. The van der Waals surface area contributed by atoms with Gasteiger partial charge >= 0.3 is 12.1 Å². The number of hydrogen-bond donors (Lipinski definition) is 3. The van der Waals surface area contributed by atoms with Crippen LogP contribution in [0.2, 0.25) is 0 Å². The number of carbonyl (C=O) groups is 1. The van der Waals surface area contributed by atoms with Gasteiger partial charge in [-0.2, -0.15) is 22.0 Å². The molecule has 0 aliphatic heterocycles. The number of allylic oxidation sites excluding steroid dienone is 4. The Morgan fingerprint density at radius 2 is 1.60 bits per heavy atom. The molecule has 0 heterocycles. The summed E-state index contributed by atoms with van der Waals surface area (Å²) in [5.41, 5.74) is 4.18. The van der Waals surface area contributed by atoms with Crippen molar-refractivity contribution in [3.8, 4) is 0 Å². The average molecular weight is 629 g/mol. The maximum Gasteiger partial charge on any atom is 0.456 e. The van der Waals surface area contributed by atoms with Crippen LogP contribution in [0.1, 0.15) is 75.0 Å². The van der Waals surface area contributed by atoms with E-state index in [0.717, 1.165) is 33.4 Å². The van der Waals surface area contributed by atoms with Gasteiger partial charge in [-0.05, 0) is 71.4 Å². The highest BCUT2D eigenvalue weighted by Gasteiger charge is 2.68. The number of rotatable bonds is 10. The van der Waals surface area contributed by atoms with Crippen LogP contribution in [0.25, 0.3) is 0 Å². The van der Waals surface area contributed by atoms with Gasteiger partial charge in [-0.25, -0.2) is 0 Å².